The van der Waals surface area contributed by atoms with Crippen LogP contribution in [-0.4, -0.2) is 44.5 Å². The van der Waals surface area contributed by atoms with Crippen molar-refractivity contribution in [3.05, 3.63) is 20.4 Å². The van der Waals surface area contributed by atoms with Crippen LogP contribution in [0.4, 0.5) is 11.4 Å². The summed E-state index contributed by atoms with van der Waals surface area (Å²) in [7, 11) is -3.14. The van der Waals surface area contributed by atoms with Gasteiger partial charge in [-0.25, -0.2) is 0 Å². The Hall–Kier alpha value is -1.21. The maximum Gasteiger partial charge on any atom is 0.332 e. The summed E-state index contributed by atoms with van der Waals surface area (Å²) in [5.74, 6) is 0. The van der Waals surface area contributed by atoms with Crippen molar-refractivity contribution in [3.8, 4) is 0 Å². The molecule has 1 aliphatic rings. The van der Waals surface area contributed by atoms with Gasteiger partial charge in [0, 0.05) is 19.6 Å². The summed E-state index contributed by atoms with van der Waals surface area (Å²) in [6.45, 7) is 5.81. The van der Waals surface area contributed by atoms with Crippen molar-refractivity contribution >= 4 is 19.0 Å². The van der Waals surface area contributed by atoms with Crippen molar-refractivity contribution in [2.75, 3.05) is 49.2 Å². The first-order valence-corrected chi connectivity index (χ1v) is 8.95. The lowest BCUT2D eigenvalue weighted by atomic mass is 10.2. The highest BCUT2D eigenvalue weighted by Crippen LogP contribution is 2.47. The second kappa shape index (κ2) is 7.87. The van der Waals surface area contributed by atoms with Crippen LogP contribution in [0.15, 0.2) is 9.59 Å². The molecule has 3 N–H and O–H groups in total. The quantitative estimate of drug-likeness (QED) is 0.564. The lowest BCUT2D eigenvalue weighted by molar-refractivity contribution is 0.220. The van der Waals surface area contributed by atoms with Crippen LogP contribution in [0.5, 0.6) is 0 Å². The lowest BCUT2D eigenvalue weighted by Gasteiger charge is -2.26. The summed E-state index contributed by atoms with van der Waals surface area (Å²) < 4.78 is 22.9. The van der Waals surface area contributed by atoms with Crippen LogP contribution in [0, 0.1) is 0 Å². The zero-order chi connectivity index (χ0) is 15.5. The van der Waals surface area contributed by atoms with Gasteiger partial charge in [0.05, 0.1) is 19.4 Å². The van der Waals surface area contributed by atoms with E-state index in [0.29, 0.717) is 44.2 Å². The summed E-state index contributed by atoms with van der Waals surface area (Å²) in [6.07, 6.45) is 1.01. The molecule has 0 amide bonds. The molecule has 1 aliphatic heterocycles. The molecule has 0 spiro atoms. The van der Waals surface area contributed by atoms with Crippen molar-refractivity contribution in [1.29, 1.82) is 0 Å². The van der Waals surface area contributed by atoms with E-state index in [9.17, 15) is 14.2 Å². The second-order valence-corrected chi connectivity index (χ2v) is 7.00. The molecule has 0 unspecified atom stereocenters. The number of rotatable bonds is 7. The monoisotopic (exact) mass is 334 g/mol. The average molecular weight is 334 g/mol. The summed E-state index contributed by atoms with van der Waals surface area (Å²) in [5.41, 5.74) is -0.131. The van der Waals surface area contributed by atoms with Gasteiger partial charge >= 0.3 is 7.60 Å². The summed E-state index contributed by atoms with van der Waals surface area (Å²) in [5, 5.41) is 2.97. The lowest BCUT2D eigenvalue weighted by Crippen LogP contribution is -2.42. The standard InChI is InChI=1S/C13H21N2O5P.H2O/c1-3-19-21(18,20-4-2)9-8-15-7-5-6-14-10-11(15)13(17)12(10)16;/h14H,3-9H2,1-2H3;1H2. The van der Waals surface area contributed by atoms with Crippen LogP contribution in [0.25, 0.3) is 0 Å². The molecule has 0 bridgehead atoms. The average Bonchev–Trinajstić information content (AvgIpc) is 2.65. The van der Waals surface area contributed by atoms with E-state index in [-0.39, 0.29) is 11.6 Å². The number of nitrogens with one attached hydrogen (secondary N) is 1. The van der Waals surface area contributed by atoms with Crippen molar-refractivity contribution < 1.29 is 19.1 Å². The molecule has 1 aromatic rings. The highest BCUT2D eigenvalue weighted by molar-refractivity contribution is 7.53. The fourth-order valence-electron chi connectivity index (χ4n) is 2.47. The maximum atomic E-state index is 12.4. The molecule has 22 heavy (non-hydrogen) atoms. The van der Waals surface area contributed by atoms with Crippen molar-refractivity contribution in [2.45, 2.75) is 20.3 Å². The third kappa shape index (κ3) is 3.76. The molecule has 0 atom stereocenters. The minimum atomic E-state index is -3.14. The van der Waals surface area contributed by atoms with E-state index in [2.05, 4.69) is 5.32 Å². The van der Waals surface area contributed by atoms with Gasteiger partial charge in [0.1, 0.15) is 11.4 Å². The zero-order valence-corrected chi connectivity index (χ0v) is 13.8. The van der Waals surface area contributed by atoms with Gasteiger partial charge in [0.15, 0.2) is 0 Å². The molecule has 126 valence electrons. The van der Waals surface area contributed by atoms with Gasteiger partial charge in [-0.1, -0.05) is 0 Å². The van der Waals surface area contributed by atoms with Crippen molar-refractivity contribution in [1.82, 2.24) is 0 Å². The second-order valence-electron chi connectivity index (χ2n) is 4.82. The van der Waals surface area contributed by atoms with E-state index in [0.717, 1.165) is 6.42 Å². The van der Waals surface area contributed by atoms with Crippen LogP contribution in [0.1, 0.15) is 20.3 Å². The van der Waals surface area contributed by atoms with Crippen LogP contribution in [0.2, 0.25) is 0 Å². The Morgan fingerprint density at radius 2 is 1.82 bits per heavy atom. The molecular formula is C13H23N2O6P. The van der Waals surface area contributed by atoms with Crippen LogP contribution >= 0.6 is 7.60 Å². The Morgan fingerprint density at radius 1 is 1.18 bits per heavy atom. The minimum Gasteiger partial charge on any atom is -0.412 e. The van der Waals surface area contributed by atoms with E-state index < -0.39 is 18.5 Å². The number of anilines is 2. The smallest absolute Gasteiger partial charge is 0.332 e. The van der Waals surface area contributed by atoms with Gasteiger partial charge in [0.2, 0.25) is 0 Å². The van der Waals surface area contributed by atoms with Gasteiger partial charge < -0.3 is 24.7 Å². The van der Waals surface area contributed by atoms with Crippen LogP contribution in [-0.2, 0) is 13.6 Å². The summed E-state index contributed by atoms with van der Waals surface area (Å²) >= 11 is 0. The largest absolute Gasteiger partial charge is 0.412 e. The molecule has 8 nitrogen and oxygen atoms in total. The number of hydrogen-bond donors (Lipinski definition) is 1. The van der Waals surface area contributed by atoms with Crippen LogP contribution < -0.4 is 21.1 Å². The molecule has 0 saturated carbocycles. The molecule has 0 aliphatic carbocycles. The van der Waals surface area contributed by atoms with E-state index in [4.69, 9.17) is 9.05 Å². The third-order valence-corrected chi connectivity index (χ3v) is 5.45. The first-order valence-electron chi connectivity index (χ1n) is 7.22. The number of fused-ring (bicyclic) bond motifs is 1. The predicted octanol–water partition coefficient (Wildman–Crippen LogP) is 0.346. The Balaban J connectivity index is 0.00000242. The Bertz CT molecular complexity index is 600. The van der Waals surface area contributed by atoms with Gasteiger partial charge in [-0.05, 0) is 20.3 Å². The maximum absolute atomic E-state index is 12.4. The van der Waals surface area contributed by atoms with E-state index in [1.807, 2.05) is 4.90 Å². The van der Waals surface area contributed by atoms with Gasteiger partial charge in [0.25, 0.3) is 10.9 Å². The van der Waals surface area contributed by atoms with E-state index in [1.165, 1.54) is 0 Å². The first-order chi connectivity index (χ1) is 10.0. The van der Waals surface area contributed by atoms with E-state index in [1.54, 1.807) is 13.8 Å². The van der Waals surface area contributed by atoms with Crippen molar-refractivity contribution in [2.24, 2.45) is 0 Å². The molecule has 0 fully saturated rings. The molecule has 0 aromatic heterocycles. The van der Waals surface area contributed by atoms with Crippen molar-refractivity contribution in [3.63, 3.8) is 0 Å². The first kappa shape index (κ1) is 18.8. The molecular weight excluding hydrogens is 311 g/mol. The van der Waals surface area contributed by atoms with Gasteiger partial charge in [-0.15, -0.1) is 0 Å². The Morgan fingerprint density at radius 3 is 2.41 bits per heavy atom. The fourth-order valence-corrected chi connectivity index (χ4v) is 4.07. The van der Waals surface area contributed by atoms with Gasteiger partial charge in [-0.3, -0.25) is 14.2 Å². The molecule has 0 radical (unpaired) electrons. The number of hydrogen-bond acceptors (Lipinski definition) is 7. The fraction of sp³-hybridized carbons (Fsp3) is 0.692. The van der Waals surface area contributed by atoms with E-state index >= 15 is 0 Å². The SMILES string of the molecule is CCOP(=O)(CCN1CCCNc2c1c(=O)c2=O)OCC.O. The predicted molar refractivity (Wildman–Crippen MR) is 86.0 cm³/mol. The third-order valence-electron chi connectivity index (χ3n) is 3.40. The molecule has 9 heteroatoms. The Labute approximate surface area is 128 Å². The minimum absolute atomic E-state index is 0. The summed E-state index contributed by atoms with van der Waals surface area (Å²) in [6, 6.07) is 0. The van der Waals surface area contributed by atoms with Crippen LogP contribution in [0.3, 0.4) is 0 Å². The Kier molecular flexibility index (Phi) is 6.74. The highest BCUT2D eigenvalue weighted by atomic mass is 31.2. The summed E-state index contributed by atoms with van der Waals surface area (Å²) in [4.78, 5) is 25.0. The van der Waals surface area contributed by atoms with Gasteiger partial charge in [-0.2, -0.15) is 0 Å². The highest BCUT2D eigenvalue weighted by Gasteiger charge is 2.30. The number of nitrogens with zero attached hydrogens (tertiary/aromatic N) is 1. The zero-order valence-electron chi connectivity index (χ0n) is 12.9. The molecule has 0 saturated heterocycles. The molecule has 2 rings (SSSR count). The topological polar surface area (TPSA) is 116 Å². The molecule has 1 heterocycles. The normalized spacial score (nSPS) is 14.9. The molecule has 1 aromatic carbocycles.